The quantitative estimate of drug-likeness (QED) is 0.845. The largest absolute Gasteiger partial charge is 0.477 e. The summed E-state index contributed by atoms with van der Waals surface area (Å²) in [6.07, 6.45) is 3.70. The molecule has 1 aromatic rings. The SMILES string of the molecule is c1ccc(C2COC(C3CCCCN3)=N2)cc1. The first-order valence-electron chi connectivity index (χ1n) is 6.42. The van der Waals surface area contributed by atoms with Crippen LogP contribution < -0.4 is 5.32 Å². The van der Waals surface area contributed by atoms with Crippen molar-refractivity contribution in [3.05, 3.63) is 35.9 Å². The molecule has 1 fully saturated rings. The van der Waals surface area contributed by atoms with Crippen LogP contribution in [0.1, 0.15) is 30.9 Å². The Balaban J connectivity index is 1.72. The van der Waals surface area contributed by atoms with Crippen LogP contribution in [-0.4, -0.2) is 25.1 Å². The van der Waals surface area contributed by atoms with Gasteiger partial charge in [0.05, 0.1) is 6.04 Å². The van der Waals surface area contributed by atoms with Crippen LogP contribution in [0.5, 0.6) is 0 Å². The fourth-order valence-corrected chi connectivity index (χ4v) is 2.49. The van der Waals surface area contributed by atoms with E-state index in [-0.39, 0.29) is 6.04 Å². The van der Waals surface area contributed by atoms with Gasteiger partial charge in [-0.25, -0.2) is 4.99 Å². The molecule has 0 saturated carbocycles. The van der Waals surface area contributed by atoms with Gasteiger partial charge < -0.3 is 10.1 Å². The molecule has 2 unspecified atom stereocenters. The van der Waals surface area contributed by atoms with E-state index < -0.39 is 0 Å². The molecule has 2 aliphatic rings. The molecule has 3 nitrogen and oxygen atoms in total. The second kappa shape index (κ2) is 4.88. The number of benzene rings is 1. The number of rotatable bonds is 2. The van der Waals surface area contributed by atoms with Gasteiger partial charge in [-0.2, -0.15) is 0 Å². The van der Waals surface area contributed by atoms with Crippen molar-refractivity contribution < 1.29 is 4.74 Å². The molecule has 2 atom stereocenters. The van der Waals surface area contributed by atoms with Crippen molar-refractivity contribution in [3.8, 4) is 0 Å². The highest BCUT2D eigenvalue weighted by Crippen LogP contribution is 2.25. The number of hydrogen-bond donors (Lipinski definition) is 1. The van der Waals surface area contributed by atoms with Gasteiger partial charge in [-0.1, -0.05) is 36.8 Å². The van der Waals surface area contributed by atoms with Crippen molar-refractivity contribution in [2.24, 2.45) is 4.99 Å². The van der Waals surface area contributed by atoms with Gasteiger partial charge >= 0.3 is 0 Å². The van der Waals surface area contributed by atoms with Crippen LogP contribution in [0, 0.1) is 0 Å². The van der Waals surface area contributed by atoms with Crippen LogP contribution in [0.2, 0.25) is 0 Å². The van der Waals surface area contributed by atoms with E-state index in [4.69, 9.17) is 9.73 Å². The van der Waals surface area contributed by atoms with E-state index in [1.807, 2.05) is 6.07 Å². The summed E-state index contributed by atoms with van der Waals surface area (Å²) in [5.41, 5.74) is 1.25. The highest BCUT2D eigenvalue weighted by atomic mass is 16.5. The van der Waals surface area contributed by atoms with Crippen LogP contribution in [0.3, 0.4) is 0 Å². The minimum atomic E-state index is 0.190. The van der Waals surface area contributed by atoms with E-state index in [0.29, 0.717) is 12.6 Å². The van der Waals surface area contributed by atoms with E-state index in [0.717, 1.165) is 18.9 Å². The van der Waals surface area contributed by atoms with Gasteiger partial charge in [0.25, 0.3) is 0 Å². The predicted octanol–water partition coefficient (Wildman–Crippen LogP) is 2.30. The normalized spacial score (nSPS) is 28.6. The van der Waals surface area contributed by atoms with E-state index in [1.165, 1.54) is 18.4 Å². The third-order valence-corrected chi connectivity index (χ3v) is 3.46. The van der Waals surface area contributed by atoms with Gasteiger partial charge in [-0.15, -0.1) is 0 Å². The molecule has 0 spiro atoms. The second-order valence-corrected chi connectivity index (χ2v) is 4.71. The molecule has 1 aromatic carbocycles. The smallest absolute Gasteiger partial charge is 0.201 e. The molecular formula is C14H18N2O. The maximum atomic E-state index is 5.75. The van der Waals surface area contributed by atoms with Crippen LogP contribution in [0.25, 0.3) is 0 Å². The zero-order chi connectivity index (χ0) is 11.5. The molecule has 17 heavy (non-hydrogen) atoms. The lowest BCUT2D eigenvalue weighted by Gasteiger charge is -2.22. The zero-order valence-corrected chi connectivity index (χ0v) is 9.93. The molecule has 0 aliphatic carbocycles. The monoisotopic (exact) mass is 230 g/mol. The fraction of sp³-hybridized carbons (Fsp3) is 0.500. The van der Waals surface area contributed by atoms with Gasteiger partial charge in [-0.3, -0.25) is 0 Å². The molecule has 0 bridgehead atoms. The molecule has 0 radical (unpaired) electrons. The Labute approximate surface area is 102 Å². The minimum absolute atomic E-state index is 0.190. The van der Waals surface area contributed by atoms with Crippen molar-refractivity contribution in [1.29, 1.82) is 0 Å². The van der Waals surface area contributed by atoms with Gasteiger partial charge in [0.15, 0.2) is 0 Å². The Kier molecular flexibility index (Phi) is 3.10. The van der Waals surface area contributed by atoms with Crippen molar-refractivity contribution in [1.82, 2.24) is 5.32 Å². The first-order valence-corrected chi connectivity index (χ1v) is 6.42. The standard InChI is InChI=1S/C14H18N2O/c1-2-6-11(7-3-1)13-10-17-14(16-13)12-8-4-5-9-15-12/h1-3,6-7,12-13,15H,4-5,8-10H2. The van der Waals surface area contributed by atoms with Crippen molar-refractivity contribution in [2.75, 3.05) is 13.2 Å². The topological polar surface area (TPSA) is 33.6 Å². The molecule has 2 heterocycles. The van der Waals surface area contributed by atoms with Crippen molar-refractivity contribution >= 4 is 5.90 Å². The summed E-state index contributed by atoms with van der Waals surface area (Å²) >= 11 is 0. The Bertz CT molecular complexity index is 396. The third-order valence-electron chi connectivity index (χ3n) is 3.46. The molecular weight excluding hydrogens is 212 g/mol. The molecule has 3 rings (SSSR count). The Morgan fingerprint density at radius 2 is 2.06 bits per heavy atom. The average molecular weight is 230 g/mol. The summed E-state index contributed by atoms with van der Waals surface area (Å²) in [4.78, 5) is 4.71. The van der Waals surface area contributed by atoms with E-state index in [9.17, 15) is 0 Å². The lowest BCUT2D eigenvalue weighted by molar-refractivity contribution is 0.293. The van der Waals surface area contributed by atoms with Gasteiger partial charge in [-0.05, 0) is 24.9 Å². The third kappa shape index (κ3) is 2.34. The summed E-state index contributed by atoms with van der Waals surface area (Å²) in [6.45, 7) is 1.78. The highest BCUT2D eigenvalue weighted by molar-refractivity contribution is 5.83. The van der Waals surface area contributed by atoms with E-state index in [1.54, 1.807) is 0 Å². The first kappa shape index (κ1) is 10.8. The molecule has 0 amide bonds. The van der Waals surface area contributed by atoms with Crippen LogP contribution in [0.4, 0.5) is 0 Å². The van der Waals surface area contributed by atoms with Crippen LogP contribution in [0.15, 0.2) is 35.3 Å². The Morgan fingerprint density at radius 1 is 1.18 bits per heavy atom. The van der Waals surface area contributed by atoms with Crippen LogP contribution >= 0.6 is 0 Å². The number of piperidine rings is 1. The Hall–Kier alpha value is -1.35. The maximum absolute atomic E-state index is 5.75. The van der Waals surface area contributed by atoms with Gasteiger partial charge in [0.1, 0.15) is 12.6 Å². The fourth-order valence-electron chi connectivity index (χ4n) is 2.49. The number of aliphatic imine (C=N–C) groups is 1. The minimum Gasteiger partial charge on any atom is -0.477 e. The van der Waals surface area contributed by atoms with E-state index in [2.05, 4.69) is 29.6 Å². The number of nitrogens with one attached hydrogen (secondary N) is 1. The number of ether oxygens (including phenoxy) is 1. The molecule has 1 N–H and O–H groups in total. The predicted molar refractivity (Wildman–Crippen MR) is 68.2 cm³/mol. The number of nitrogens with zero attached hydrogens (tertiary/aromatic N) is 1. The van der Waals surface area contributed by atoms with Gasteiger partial charge in [0.2, 0.25) is 5.90 Å². The summed E-state index contributed by atoms with van der Waals surface area (Å²) in [5.74, 6) is 0.915. The molecule has 3 heteroatoms. The summed E-state index contributed by atoms with van der Waals surface area (Å²) < 4.78 is 5.75. The molecule has 1 saturated heterocycles. The summed E-state index contributed by atoms with van der Waals surface area (Å²) in [6, 6.07) is 10.9. The lowest BCUT2D eigenvalue weighted by Crippen LogP contribution is -2.40. The second-order valence-electron chi connectivity index (χ2n) is 4.71. The van der Waals surface area contributed by atoms with E-state index >= 15 is 0 Å². The summed E-state index contributed by atoms with van der Waals surface area (Å²) in [7, 11) is 0. The first-order chi connectivity index (χ1) is 8.43. The van der Waals surface area contributed by atoms with Crippen molar-refractivity contribution in [2.45, 2.75) is 31.3 Å². The maximum Gasteiger partial charge on any atom is 0.201 e. The van der Waals surface area contributed by atoms with Crippen LogP contribution in [-0.2, 0) is 4.74 Å². The average Bonchev–Trinajstić information content (AvgIpc) is 2.90. The molecule has 90 valence electrons. The lowest BCUT2D eigenvalue weighted by atomic mass is 10.1. The summed E-state index contributed by atoms with van der Waals surface area (Å²) in [5, 5.41) is 3.48. The van der Waals surface area contributed by atoms with Gasteiger partial charge in [0, 0.05) is 0 Å². The van der Waals surface area contributed by atoms with Crippen molar-refractivity contribution in [3.63, 3.8) is 0 Å². The molecule has 0 aromatic heterocycles. The zero-order valence-electron chi connectivity index (χ0n) is 9.93. The Morgan fingerprint density at radius 3 is 2.82 bits per heavy atom. The molecule has 2 aliphatic heterocycles. The highest BCUT2D eigenvalue weighted by Gasteiger charge is 2.27. The number of hydrogen-bond acceptors (Lipinski definition) is 3.